The van der Waals surface area contributed by atoms with Crippen molar-refractivity contribution in [1.82, 2.24) is 10.6 Å². The van der Waals surface area contributed by atoms with E-state index in [4.69, 9.17) is 0 Å². The summed E-state index contributed by atoms with van der Waals surface area (Å²) in [6, 6.07) is 0.701. The van der Waals surface area contributed by atoms with E-state index in [2.05, 4.69) is 24.5 Å². The van der Waals surface area contributed by atoms with Crippen molar-refractivity contribution in [2.75, 3.05) is 19.6 Å². The monoisotopic (exact) mass is 184 g/mol. The fourth-order valence-corrected chi connectivity index (χ4v) is 2.00. The van der Waals surface area contributed by atoms with Crippen LogP contribution in [-0.2, 0) is 0 Å². The highest BCUT2D eigenvalue weighted by atomic mass is 14.9. The number of hydrogen-bond acceptors (Lipinski definition) is 2. The van der Waals surface area contributed by atoms with E-state index in [9.17, 15) is 0 Å². The zero-order valence-corrected chi connectivity index (χ0v) is 9.10. The second kappa shape index (κ2) is 6.39. The summed E-state index contributed by atoms with van der Waals surface area (Å²) in [6.07, 6.45) is 5.35. The maximum atomic E-state index is 3.61. The lowest BCUT2D eigenvalue weighted by Crippen LogP contribution is -2.38. The molecule has 78 valence electrons. The highest BCUT2D eigenvalue weighted by molar-refractivity contribution is 4.72. The summed E-state index contributed by atoms with van der Waals surface area (Å²) in [5, 5.41) is 7.06. The Balaban J connectivity index is 2.03. The second-order valence-corrected chi connectivity index (χ2v) is 4.31. The molecule has 0 radical (unpaired) electrons. The Morgan fingerprint density at radius 1 is 1.54 bits per heavy atom. The van der Waals surface area contributed by atoms with Gasteiger partial charge in [0, 0.05) is 6.04 Å². The van der Waals surface area contributed by atoms with Gasteiger partial charge in [0.1, 0.15) is 0 Å². The van der Waals surface area contributed by atoms with Crippen LogP contribution in [0, 0.1) is 5.92 Å². The number of rotatable bonds is 5. The molecule has 1 fully saturated rings. The van der Waals surface area contributed by atoms with Crippen molar-refractivity contribution in [3.8, 4) is 0 Å². The van der Waals surface area contributed by atoms with Gasteiger partial charge in [-0.05, 0) is 51.7 Å². The molecule has 13 heavy (non-hydrogen) atoms. The van der Waals surface area contributed by atoms with E-state index in [1.54, 1.807) is 0 Å². The first-order chi connectivity index (χ1) is 6.33. The third kappa shape index (κ3) is 4.63. The van der Waals surface area contributed by atoms with E-state index in [0.29, 0.717) is 6.04 Å². The molecule has 2 unspecified atom stereocenters. The molecule has 0 spiro atoms. The van der Waals surface area contributed by atoms with Crippen LogP contribution in [0.25, 0.3) is 0 Å². The highest BCUT2D eigenvalue weighted by Crippen LogP contribution is 2.08. The van der Waals surface area contributed by atoms with E-state index < -0.39 is 0 Å². The molecule has 1 saturated heterocycles. The summed E-state index contributed by atoms with van der Waals surface area (Å²) >= 11 is 0. The Bertz CT molecular complexity index is 119. The molecule has 1 aliphatic heterocycles. The van der Waals surface area contributed by atoms with Gasteiger partial charge in [0.2, 0.25) is 0 Å². The van der Waals surface area contributed by atoms with Crippen LogP contribution in [0.15, 0.2) is 0 Å². The average Bonchev–Trinajstić information content (AvgIpc) is 2.17. The molecule has 1 rings (SSSR count). The molecule has 1 aliphatic rings. The van der Waals surface area contributed by atoms with Crippen molar-refractivity contribution in [2.45, 2.75) is 45.6 Å². The summed E-state index contributed by atoms with van der Waals surface area (Å²) in [4.78, 5) is 0. The molecule has 1 heterocycles. The van der Waals surface area contributed by atoms with Gasteiger partial charge in [-0.3, -0.25) is 0 Å². The lowest BCUT2D eigenvalue weighted by atomic mass is 9.99. The standard InChI is InChI=1S/C11H24N2/c1-3-5-10(2)13-9-11-6-4-7-12-8-11/h10-13H,3-9H2,1-2H3. The van der Waals surface area contributed by atoms with Gasteiger partial charge in [-0.15, -0.1) is 0 Å². The van der Waals surface area contributed by atoms with Crippen LogP contribution in [-0.4, -0.2) is 25.7 Å². The van der Waals surface area contributed by atoms with Crippen molar-refractivity contribution in [3.05, 3.63) is 0 Å². The summed E-state index contributed by atoms with van der Waals surface area (Å²) in [7, 11) is 0. The van der Waals surface area contributed by atoms with Crippen molar-refractivity contribution in [1.29, 1.82) is 0 Å². The molecule has 0 aromatic heterocycles. The third-order valence-corrected chi connectivity index (χ3v) is 2.88. The number of nitrogens with one attached hydrogen (secondary N) is 2. The van der Waals surface area contributed by atoms with Gasteiger partial charge in [0.05, 0.1) is 0 Å². The van der Waals surface area contributed by atoms with Gasteiger partial charge in [-0.2, -0.15) is 0 Å². The Morgan fingerprint density at radius 3 is 3.00 bits per heavy atom. The zero-order chi connectivity index (χ0) is 9.52. The first-order valence-electron chi connectivity index (χ1n) is 5.77. The fraction of sp³-hybridized carbons (Fsp3) is 1.00. The van der Waals surface area contributed by atoms with E-state index in [0.717, 1.165) is 5.92 Å². The summed E-state index contributed by atoms with van der Waals surface area (Å²) in [5.74, 6) is 0.869. The Morgan fingerprint density at radius 2 is 2.38 bits per heavy atom. The predicted molar refractivity (Wildman–Crippen MR) is 58.0 cm³/mol. The predicted octanol–water partition coefficient (Wildman–Crippen LogP) is 1.76. The largest absolute Gasteiger partial charge is 0.316 e. The molecule has 0 aliphatic carbocycles. The number of piperidine rings is 1. The normalized spacial score (nSPS) is 25.8. The second-order valence-electron chi connectivity index (χ2n) is 4.31. The first-order valence-corrected chi connectivity index (χ1v) is 5.77. The molecule has 2 N–H and O–H groups in total. The average molecular weight is 184 g/mol. The van der Waals surface area contributed by atoms with Crippen molar-refractivity contribution >= 4 is 0 Å². The molecular weight excluding hydrogens is 160 g/mol. The minimum Gasteiger partial charge on any atom is -0.316 e. The summed E-state index contributed by atoms with van der Waals surface area (Å²) in [5.41, 5.74) is 0. The highest BCUT2D eigenvalue weighted by Gasteiger charge is 2.12. The van der Waals surface area contributed by atoms with Gasteiger partial charge >= 0.3 is 0 Å². The smallest absolute Gasteiger partial charge is 0.00387 e. The Kier molecular flexibility index (Phi) is 5.40. The SMILES string of the molecule is CCCC(C)NCC1CCCNC1. The van der Waals surface area contributed by atoms with Gasteiger partial charge in [-0.1, -0.05) is 13.3 Å². The van der Waals surface area contributed by atoms with Crippen LogP contribution < -0.4 is 10.6 Å². The van der Waals surface area contributed by atoms with Crippen molar-refractivity contribution < 1.29 is 0 Å². The molecule has 2 heteroatoms. The lowest BCUT2D eigenvalue weighted by molar-refractivity contribution is 0.342. The zero-order valence-electron chi connectivity index (χ0n) is 9.10. The maximum absolute atomic E-state index is 3.61. The van der Waals surface area contributed by atoms with Gasteiger partial charge < -0.3 is 10.6 Å². The molecule has 0 aromatic rings. The fourth-order valence-electron chi connectivity index (χ4n) is 2.00. The minimum atomic E-state index is 0.701. The van der Waals surface area contributed by atoms with Crippen LogP contribution in [0.1, 0.15) is 39.5 Å². The van der Waals surface area contributed by atoms with Crippen LogP contribution in [0.4, 0.5) is 0 Å². The van der Waals surface area contributed by atoms with Gasteiger partial charge in [-0.25, -0.2) is 0 Å². The first kappa shape index (κ1) is 11.0. The van der Waals surface area contributed by atoms with Crippen molar-refractivity contribution in [2.24, 2.45) is 5.92 Å². The van der Waals surface area contributed by atoms with Crippen LogP contribution >= 0.6 is 0 Å². The summed E-state index contributed by atoms with van der Waals surface area (Å²) in [6.45, 7) is 8.18. The van der Waals surface area contributed by atoms with Gasteiger partial charge in [0.15, 0.2) is 0 Å². The lowest BCUT2D eigenvalue weighted by Gasteiger charge is -2.24. The van der Waals surface area contributed by atoms with E-state index in [-0.39, 0.29) is 0 Å². The molecule has 0 bridgehead atoms. The van der Waals surface area contributed by atoms with Crippen LogP contribution in [0.2, 0.25) is 0 Å². The number of hydrogen-bond donors (Lipinski definition) is 2. The van der Waals surface area contributed by atoms with E-state index in [1.807, 2.05) is 0 Å². The Labute approximate surface area is 82.5 Å². The Hall–Kier alpha value is -0.0800. The molecule has 2 atom stereocenters. The topological polar surface area (TPSA) is 24.1 Å². The molecule has 0 saturated carbocycles. The summed E-state index contributed by atoms with van der Waals surface area (Å²) < 4.78 is 0. The minimum absolute atomic E-state index is 0.701. The van der Waals surface area contributed by atoms with E-state index in [1.165, 1.54) is 45.3 Å². The molecule has 2 nitrogen and oxygen atoms in total. The van der Waals surface area contributed by atoms with Crippen molar-refractivity contribution in [3.63, 3.8) is 0 Å². The maximum Gasteiger partial charge on any atom is 0.00387 e. The molecule has 0 aromatic carbocycles. The van der Waals surface area contributed by atoms with E-state index >= 15 is 0 Å². The van der Waals surface area contributed by atoms with Crippen LogP contribution in [0.3, 0.4) is 0 Å². The van der Waals surface area contributed by atoms with Gasteiger partial charge in [0.25, 0.3) is 0 Å². The molecule has 0 amide bonds. The molecular formula is C11H24N2. The van der Waals surface area contributed by atoms with Crippen LogP contribution in [0.5, 0.6) is 0 Å². The quantitative estimate of drug-likeness (QED) is 0.680. The third-order valence-electron chi connectivity index (χ3n) is 2.88.